The van der Waals surface area contributed by atoms with Crippen LogP contribution < -0.4 is 5.73 Å². The van der Waals surface area contributed by atoms with E-state index in [1.165, 1.54) is 5.56 Å². The number of nitrogens with zero attached hydrogens (tertiary/aromatic N) is 1. The van der Waals surface area contributed by atoms with Crippen LogP contribution in [-0.2, 0) is 11.3 Å². The van der Waals surface area contributed by atoms with Gasteiger partial charge in [-0.05, 0) is 37.6 Å². The molecule has 1 rings (SSSR count). The van der Waals surface area contributed by atoms with Gasteiger partial charge in [-0.15, -0.1) is 0 Å². The molecule has 0 aromatic heterocycles. The smallest absolute Gasteiger partial charge is 0.0615 e. The monoisotopic (exact) mass is 236 g/mol. The lowest BCUT2D eigenvalue weighted by atomic mass is 10.1. The maximum Gasteiger partial charge on any atom is 0.0615 e. The highest BCUT2D eigenvalue weighted by Gasteiger charge is 2.13. The topological polar surface area (TPSA) is 38.5 Å². The molecule has 0 aliphatic heterocycles. The first-order chi connectivity index (χ1) is 8.17. The minimum absolute atomic E-state index is 0.432. The number of anilines is 1. The molecule has 0 aliphatic rings. The zero-order chi connectivity index (χ0) is 12.7. The summed E-state index contributed by atoms with van der Waals surface area (Å²) in [5, 5.41) is 0. The van der Waals surface area contributed by atoms with Gasteiger partial charge < -0.3 is 10.5 Å². The first-order valence-corrected chi connectivity index (χ1v) is 6.24. The summed E-state index contributed by atoms with van der Waals surface area (Å²) in [5.41, 5.74) is 7.90. The van der Waals surface area contributed by atoms with E-state index >= 15 is 0 Å². The summed E-state index contributed by atoms with van der Waals surface area (Å²) in [6.07, 6.45) is 1.15. The van der Waals surface area contributed by atoms with E-state index in [-0.39, 0.29) is 0 Å². The van der Waals surface area contributed by atoms with Crippen LogP contribution in [0.15, 0.2) is 24.3 Å². The van der Waals surface area contributed by atoms with Gasteiger partial charge in [0.2, 0.25) is 0 Å². The Labute approximate surface area is 105 Å². The van der Waals surface area contributed by atoms with Gasteiger partial charge in [0, 0.05) is 25.4 Å². The number of methoxy groups -OCH3 is 1. The largest absolute Gasteiger partial charge is 0.399 e. The minimum atomic E-state index is 0.432. The van der Waals surface area contributed by atoms with Crippen molar-refractivity contribution in [2.75, 3.05) is 26.0 Å². The first kappa shape index (κ1) is 14.0. The first-order valence-electron chi connectivity index (χ1n) is 6.24. The summed E-state index contributed by atoms with van der Waals surface area (Å²) in [6.45, 7) is 7.18. The number of nitrogen functional groups attached to an aromatic ring is 1. The second kappa shape index (κ2) is 7.30. The average Bonchev–Trinajstić information content (AvgIpc) is 2.29. The van der Waals surface area contributed by atoms with Gasteiger partial charge in [-0.1, -0.05) is 19.1 Å². The predicted octanol–water partition coefficient (Wildman–Crippen LogP) is 2.52. The third kappa shape index (κ3) is 4.75. The maximum absolute atomic E-state index is 5.80. The number of hydrogen-bond donors (Lipinski definition) is 1. The third-order valence-corrected chi connectivity index (χ3v) is 2.88. The summed E-state index contributed by atoms with van der Waals surface area (Å²) in [7, 11) is 1.75. The van der Waals surface area contributed by atoms with Crippen LogP contribution in [-0.4, -0.2) is 31.2 Å². The number of rotatable bonds is 7. The van der Waals surface area contributed by atoms with Crippen molar-refractivity contribution in [2.24, 2.45) is 0 Å². The van der Waals surface area contributed by atoms with Crippen LogP contribution in [0.3, 0.4) is 0 Å². The zero-order valence-electron chi connectivity index (χ0n) is 11.1. The van der Waals surface area contributed by atoms with Crippen LogP contribution in [0.25, 0.3) is 0 Å². The normalized spacial score (nSPS) is 12.9. The molecule has 1 aromatic rings. The third-order valence-electron chi connectivity index (χ3n) is 2.88. The molecular formula is C14H24N2O. The van der Waals surface area contributed by atoms with Crippen molar-refractivity contribution in [3.63, 3.8) is 0 Å². The van der Waals surface area contributed by atoms with Crippen molar-refractivity contribution in [1.29, 1.82) is 0 Å². The number of hydrogen-bond acceptors (Lipinski definition) is 3. The molecule has 96 valence electrons. The quantitative estimate of drug-likeness (QED) is 0.739. The fourth-order valence-electron chi connectivity index (χ4n) is 2.02. The average molecular weight is 236 g/mol. The maximum atomic E-state index is 5.80. The molecule has 2 N–H and O–H groups in total. The Hall–Kier alpha value is -1.06. The van der Waals surface area contributed by atoms with Crippen LogP contribution in [0.1, 0.15) is 25.8 Å². The molecule has 0 bridgehead atoms. The van der Waals surface area contributed by atoms with Gasteiger partial charge in [0.25, 0.3) is 0 Å². The summed E-state index contributed by atoms with van der Waals surface area (Å²) in [4.78, 5) is 2.43. The van der Waals surface area contributed by atoms with Crippen LogP contribution in [0, 0.1) is 0 Å². The Bertz CT molecular complexity index is 328. The highest BCUT2D eigenvalue weighted by atomic mass is 16.5. The second-order valence-corrected chi connectivity index (χ2v) is 4.52. The highest BCUT2D eigenvalue weighted by molar-refractivity contribution is 5.40. The Morgan fingerprint density at radius 2 is 2.18 bits per heavy atom. The van der Waals surface area contributed by atoms with Gasteiger partial charge >= 0.3 is 0 Å². The molecule has 3 heteroatoms. The Balaban J connectivity index is 2.65. The van der Waals surface area contributed by atoms with E-state index in [4.69, 9.17) is 10.5 Å². The number of ether oxygens (including phenoxy) is 1. The van der Waals surface area contributed by atoms with Crippen molar-refractivity contribution in [3.05, 3.63) is 29.8 Å². The molecule has 1 aromatic carbocycles. The van der Waals surface area contributed by atoms with Crippen LogP contribution in [0.5, 0.6) is 0 Å². The lowest BCUT2D eigenvalue weighted by Crippen LogP contribution is -2.36. The van der Waals surface area contributed by atoms with E-state index in [1.54, 1.807) is 7.11 Å². The molecule has 1 unspecified atom stereocenters. The van der Waals surface area contributed by atoms with Crippen molar-refractivity contribution < 1.29 is 4.74 Å². The van der Waals surface area contributed by atoms with E-state index in [0.29, 0.717) is 6.04 Å². The predicted molar refractivity (Wildman–Crippen MR) is 72.9 cm³/mol. The molecule has 0 saturated carbocycles. The van der Waals surface area contributed by atoms with Gasteiger partial charge in [-0.25, -0.2) is 0 Å². The van der Waals surface area contributed by atoms with Crippen molar-refractivity contribution in [2.45, 2.75) is 32.9 Å². The lowest BCUT2D eigenvalue weighted by molar-refractivity contribution is 0.0944. The summed E-state index contributed by atoms with van der Waals surface area (Å²) < 4.78 is 5.23. The second-order valence-electron chi connectivity index (χ2n) is 4.52. The van der Waals surface area contributed by atoms with E-state index in [2.05, 4.69) is 24.8 Å². The van der Waals surface area contributed by atoms with Gasteiger partial charge in [0.15, 0.2) is 0 Å². The van der Waals surface area contributed by atoms with E-state index in [9.17, 15) is 0 Å². The lowest BCUT2D eigenvalue weighted by Gasteiger charge is -2.28. The highest BCUT2D eigenvalue weighted by Crippen LogP contribution is 2.12. The summed E-state index contributed by atoms with van der Waals surface area (Å²) in [6, 6.07) is 8.53. The molecule has 0 fully saturated rings. The van der Waals surface area contributed by atoms with Crippen molar-refractivity contribution in [1.82, 2.24) is 4.90 Å². The van der Waals surface area contributed by atoms with E-state index < -0.39 is 0 Å². The van der Waals surface area contributed by atoms with E-state index in [1.807, 2.05) is 18.2 Å². The molecule has 0 aliphatic carbocycles. The molecule has 1 atom stereocenters. The summed E-state index contributed by atoms with van der Waals surface area (Å²) >= 11 is 0. The standard InChI is InChI=1S/C14H24N2O/c1-4-8-16(12(2)11-17-3)10-13-6-5-7-14(15)9-13/h5-7,9,12H,4,8,10-11,15H2,1-3H3. The van der Waals surface area contributed by atoms with Crippen molar-refractivity contribution in [3.8, 4) is 0 Å². The fourth-order valence-corrected chi connectivity index (χ4v) is 2.02. The number of nitrogens with two attached hydrogens (primary N) is 1. The van der Waals surface area contributed by atoms with Gasteiger partial charge in [-0.3, -0.25) is 4.90 Å². The molecule has 0 heterocycles. The Morgan fingerprint density at radius 3 is 2.76 bits per heavy atom. The Kier molecular flexibility index (Phi) is 6.01. The van der Waals surface area contributed by atoms with E-state index in [0.717, 1.165) is 31.8 Å². The van der Waals surface area contributed by atoms with Gasteiger partial charge in [0.05, 0.1) is 6.61 Å². The number of benzene rings is 1. The van der Waals surface area contributed by atoms with Gasteiger partial charge in [-0.2, -0.15) is 0 Å². The molecule has 17 heavy (non-hydrogen) atoms. The zero-order valence-corrected chi connectivity index (χ0v) is 11.1. The molecule has 0 saturated heterocycles. The van der Waals surface area contributed by atoms with Crippen LogP contribution >= 0.6 is 0 Å². The molecule has 0 radical (unpaired) electrons. The van der Waals surface area contributed by atoms with Crippen LogP contribution in [0.2, 0.25) is 0 Å². The molecule has 0 amide bonds. The molecule has 0 spiro atoms. The minimum Gasteiger partial charge on any atom is -0.399 e. The molecule has 3 nitrogen and oxygen atoms in total. The SMILES string of the molecule is CCCN(Cc1cccc(N)c1)C(C)COC. The van der Waals surface area contributed by atoms with Crippen LogP contribution in [0.4, 0.5) is 5.69 Å². The van der Waals surface area contributed by atoms with Crippen molar-refractivity contribution >= 4 is 5.69 Å². The van der Waals surface area contributed by atoms with Gasteiger partial charge in [0.1, 0.15) is 0 Å². The molecular weight excluding hydrogens is 212 g/mol. The fraction of sp³-hybridized carbons (Fsp3) is 0.571. The summed E-state index contributed by atoms with van der Waals surface area (Å²) in [5.74, 6) is 0. The Morgan fingerprint density at radius 1 is 1.41 bits per heavy atom.